The molecule has 2 aliphatic rings. The lowest BCUT2D eigenvalue weighted by atomic mass is 9.95. The van der Waals surface area contributed by atoms with Gasteiger partial charge in [-0.3, -0.25) is 9.59 Å². The molecular weight excluding hydrogens is 376 g/mol. The molecule has 3 N–H and O–H groups in total. The van der Waals surface area contributed by atoms with Crippen molar-refractivity contribution in [1.82, 2.24) is 10.6 Å². The Morgan fingerprint density at radius 3 is 1.97 bits per heavy atom. The van der Waals surface area contributed by atoms with Crippen LogP contribution < -0.4 is 10.6 Å². The summed E-state index contributed by atoms with van der Waals surface area (Å²) < 4.78 is 0. The molecule has 0 radical (unpaired) electrons. The number of hydrogen-bond acceptors (Lipinski definition) is 3. The molecule has 0 bridgehead atoms. The molecule has 5 heteroatoms. The lowest BCUT2D eigenvalue weighted by molar-refractivity contribution is -0.130. The summed E-state index contributed by atoms with van der Waals surface area (Å²) in [6, 6.07) is 14.9. The molecule has 0 aliphatic heterocycles. The lowest BCUT2D eigenvalue weighted by Gasteiger charge is -2.25. The smallest absolute Gasteiger partial charge is 0.245 e. The van der Waals surface area contributed by atoms with Crippen LogP contribution in [0.25, 0.3) is 11.1 Å². The molecule has 1 atom stereocenters. The topological polar surface area (TPSA) is 78.4 Å². The molecule has 30 heavy (non-hydrogen) atoms. The lowest BCUT2D eigenvalue weighted by Crippen LogP contribution is -2.52. The molecule has 5 nitrogen and oxygen atoms in total. The summed E-state index contributed by atoms with van der Waals surface area (Å²) in [6.45, 7) is -0.416. The van der Waals surface area contributed by atoms with Crippen LogP contribution in [-0.2, 0) is 9.59 Å². The predicted octanol–water partition coefficient (Wildman–Crippen LogP) is 3.51. The van der Waals surface area contributed by atoms with E-state index in [0.717, 1.165) is 47.9 Å². The quantitative estimate of drug-likeness (QED) is 0.711. The van der Waals surface area contributed by atoms with Crippen molar-refractivity contribution in [3.63, 3.8) is 0 Å². The molecule has 2 aromatic carbocycles. The van der Waals surface area contributed by atoms with E-state index in [4.69, 9.17) is 0 Å². The number of rotatable bonds is 5. The Kier molecular flexibility index (Phi) is 6.48. The number of carbonyl (C=O) groups excluding carboxylic acids is 2. The van der Waals surface area contributed by atoms with Crippen LogP contribution in [0.1, 0.15) is 62.0 Å². The predicted molar refractivity (Wildman–Crippen MR) is 117 cm³/mol. The summed E-state index contributed by atoms with van der Waals surface area (Å²) in [5.74, 6) is -1.02. The molecular formula is C25H30N2O3. The average Bonchev–Trinajstić information content (AvgIpc) is 3.08. The molecule has 2 amide bonds. The zero-order chi connectivity index (χ0) is 20.9. The second-order valence-electron chi connectivity index (χ2n) is 8.40. The third kappa shape index (κ3) is 4.26. The first-order chi connectivity index (χ1) is 14.7. The maximum Gasteiger partial charge on any atom is 0.245 e. The first-order valence-corrected chi connectivity index (χ1v) is 11.1. The highest BCUT2D eigenvalue weighted by atomic mass is 16.3. The van der Waals surface area contributed by atoms with E-state index in [1.54, 1.807) is 0 Å². The Labute approximate surface area is 177 Å². The van der Waals surface area contributed by atoms with Gasteiger partial charge in [0.15, 0.2) is 0 Å². The minimum atomic E-state index is -0.942. The molecule has 1 fully saturated rings. The van der Waals surface area contributed by atoms with Gasteiger partial charge in [0.25, 0.3) is 0 Å². The van der Waals surface area contributed by atoms with Crippen molar-refractivity contribution >= 4 is 11.8 Å². The number of aliphatic hydroxyl groups excluding tert-OH is 1. The first-order valence-electron chi connectivity index (χ1n) is 11.1. The standard InChI is InChI=1S/C25H30N2O3/c28-16-22(24(29)26-17-10-4-2-1-3-5-11-17)27-25(30)23-20-14-8-6-12-18(20)19-13-7-9-15-21(19)23/h6-9,12-15,17,22-23,28H,1-5,10-11,16H2,(H,26,29)(H,27,30)/t22-/m0/s1. The van der Waals surface area contributed by atoms with Crippen LogP contribution in [0.15, 0.2) is 48.5 Å². The number of fused-ring (bicyclic) bond motifs is 3. The van der Waals surface area contributed by atoms with E-state index < -0.39 is 18.6 Å². The Bertz CT molecular complexity index is 857. The van der Waals surface area contributed by atoms with Gasteiger partial charge >= 0.3 is 0 Å². The van der Waals surface area contributed by atoms with Crippen molar-refractivity contribution in [1.29, 1.82) is 0 Å². The normalized spacial score (nSPS) is 17.9. The first kappa shape index (κ1) is 20.6. The van der Waals surface area contributed by atoms with Crippen molar-refractivity contribution in [2.45, 2.75) is 62.9 Å². The fraction of sp³-hybridized carbons (Fsp3) is 0.440. The van der Waals surface area contributed by atoms with E-state index in [1.807, 2.05) is 48.5 Å². The van der Waals surface area contributed by atoms with Gasteiger partial charge in [-0.05, 0) is 35.1 Å². The number of nitrogens with one attached hydrogen (secondary N) is 2. The molecule has 1 saturated carbocycles. The third-order valence-electron chi connectivity index (χ3n) is 6.36. The van der Waals surface area contributed by atoms with E-state index in [9.17, 15) is 14.7 Å². The summed E-state index contributed by atoms with van der Waals surface area (Å²) >= 11 is 0. The summed E-state index contributed by atoms with van der Waals surface area (Å²) in [4.78, 5) is 26.0. The Morgan fingerprint density at radius 2 is 1.40 bits per heavy atom. The molecule has 0 aromatic heterocycles. The number of amides is 2. The van der Waals surface area contributed by atoms with E-state index in [-0.39, 0.29) is 17.9 Å². The van der Waals surface area contributed by atoms with Gasteiger partial charge in [-0.1, -0.05) is 80.6 Å². The summed E-state index contributed by atoms with van der Waals surface area (Å²) in [7, 11) is 0. The van der Waals surface area contributed by atoms with Gasteiger partial charge in [0.1, 0.15) is 6.04 Å². The van der Waals surface area contributed by atoms with Gasteiger partial charge in [0.2, 0.25) is 11.8 Å². The molecule has 0 saturated heterocycles. The van der Waals surface area contributed by atoms with Crippen LogP contribution in [0.2, 0.25) is 0 Å². The van der Waals surface area contributed by atoms with Crippen molar-refractivity contribution in [3.8, 4) is 11.1 Å². The number of carbonyl (C=O) groups is 2. The molecule has 0 heterocycles. The minimum absolute atomic E-state index is 0.122. The van der Waals surface area contributed by atoms with Crippen molar-refractivity contribution in [3.05, 3.63) is 59.7 Å². The molecule has 2 aromatic rings. The highest BCUT2D eigenvalue weighted by Gasteiger charge is 2.35. The number of hydrogen-bond donors (Lipinski definition) is 3. The van der Waals surface area contributed by atoms with Gasteiger partial charge in [-0.15, -0.1) is 0 Å². The molecule has 0 spiro atoms. The Balaban J connectivity index is 1.47. The van der Waals surface area contributed by atoms with E-state index >= 15 is 0 Å². The maximum atomic E-state index is 13.2. The van der Waals surface area contributed by atoms with Gasteiger partial charge in [0.05, 0.1) is 12.5 Å². The molecule has 4 rings (SSSR count). The third-order valence-corrected chi connectivity index (χ3v) is 6.36. The van der Waals surface area contributed by atoms with Crippen LogP contribution in [0.4, 0.5) is 0 Å². The van der Waals surface area contributed by atoms with Crippen LogP contribution in [-0.4, -0.2) is 35.6 Å². The minimum Gasteiger partial charge on any atom is -0.394 e. The molecule has 0 unspecified atom stereocenters. The van der Waals surface area contributed by atoms with Crippen molar-refractivity contribution in [2.24, 2.45) is 0 Å². The van der Waals surface area contributed by atoms with Gasteiger partial charge in [0, 0.05) is 6.04 Å². The number of benzene rings is 2. The van der Waals surface area contributed by atoms with E-state index in [0.29, 0.717) is 0 Å². The van der Waals surface area contributed by atoms with Crippen LogP contribution >= 0.6 is 0 Å². The average molecular weight is 407 g/mol. The van der Waals surface area contributed by atoms with Gasteiger partial charge in [-0.25, -0.2) is 0 Å². The second kappa shape index (κ2) is 9.43. The number of aliphatic hydroxyl groups is 1. The summed E-state index contributed by atoms with van der Waals surface area (Å²) in [5.41, 5.74) is 3.97. The van der Waals surface area contributed by atoms with Crippen molar-refractivity contribution < 1.29 is 14.7 Å². The Hall–Kier alpha value is -2.66. The van der Waals surface area contributed by atoms with Crippen molar-refractivity contribution in [2.75, 3.05) is 6.61 Å². The van der Waals surface area contributed by atoms with E-state index in [1.165, 1.54) is 19.3 Å². The fourth-order valence-electron chi connectivity index (χ4n) is 4.79. The highest BCUT2D eigenvalue weighted by Crippen LogP contribution is 2.44. The summed E-state index contributed by atoms with van der Waals surface area (Å²) in [6.07, 6.45) is 7.80. The highest BCUT2D eigenvalue weighted by molar-refractivity contribution is 5.98. The second-order valence-corrected chi connectivity index (χ2v) is 8.40. The van der Waals surface area contributed by atoms with Crippen LogP contribution in [0.3, 0.4) is 0 Å². The fourth-order valence-corrected chi connectivity index (χ4v) is 4.79. The SMILES string of the molecule is O=C(N[C@@H](CO)C(=O)NC1CCCCCCC1)C1c2ccccc2-c2ccccc21. The molecule has 158 valence electrons. The van der Waals surface area contributed by atoms with Gasteiger partial charge in [-0.2, -0.15) is 0 Å². The largest absolute Gasteiger partial charge is 0.394 e. The maximum absolute atomic E-state index is 13.2. The monoisotopic (exact) mass is 406 g/mol. The van der Waals surface area contributed by atoms with Crippen LogP contribution in [0, 0.1) is 0 Å². The zero-order valence-electron chi connectivity index (χ0n) is 17.3. The molecule has 2 aliphatic carbocycles. The van der Waals surface area contributed by atoms with Crippen LogP contribution in [0.5, 0.6) is 0 Å². The van der Waals surface area contributed by atoms with Gasteiger partial charge < -0.3 is 15.7 Å². The summed E-state index contributed by atoms with van der Waals surface area (Å²) in [5, 5.41) is 15.7. The van der Waals surface area contributed by atoms with E-state index in [2.05, 4.69) is 10.6 Å². The zero-order valence-corrected chi connectivity index (χ0v) is 17.3. The Morgan fingerprint density at radius 1 is 0.867 bits per heavy atom.